The van der Waals surface area contributed by atoms with Crippen LogP contribution >= 0.6 is 0 Å². The van der Waals surface area contributed by atoms with E-state index in [1.54, 1.807) is 6.92 Å². The molecule has 1 saturated heterocycles. The summed E-state index contributed by atoms with van der Waals surface area (Å²) in [5.74, 6) is -2.02. The van der Waals surface area contributed by atoms with Crippen LogP contribution in [-0.4, -0.2) is 47.5 Å². The Morgan fingerprint density at radius 1 is 1.50 bits per heavy atom. The molecule has 2 unspecified atom stereocenters. The molecule has 1 aliphatic rings. The van der Waals surface area contributed by atoms with Crippen molar-refractivity contribution in [3.63, 3.8) is 0 Å². The summed E-state index contributed by atoms with van der Waals surface area (Å²) in [5.41, 5.74) is 4.60. The number of primary amides is 1. The normalized spacial score (nSPS) is 24.7. The molecule has 4 N–H and O–H groups in total. The number of carbonyl (C=O) groups is 3. The van der Waals surface area contributed by atoms with Crippen LogP contribution in [0.2, 0.25) is 0 Å². The molecule has 0 radical (unpaired) electrons. The van der Waals surface area contributed by atoms with Crippen molar-refractivity contribution in [3.05, 3.63) is 0 Å². The van der Waals surface area contributed by atoms with Gasteiger partial charge in [-0.25, -0.2) is 4.79 Å². The number of carboxylic acids is 1. The third-order valence-corrected chi connectivity index (χ3v) is 3.34. The second kappa shape index (κ2) is 5.24. The van der Waals surface area contributed by atoms with Gasteiger partial charge in [0, 0.05) is 19.6 Å². The number of likely N-dealkylation sites (tertiary alicyclic amines) is 1. The summed E-state index contributed by atoms with van der Waals surface area (Å²) in [4.78, 5) is 35.1. The van der Waals surface area contributed by atoms with Crippen molar-refractivity contribution in [2.45, 2.75) is 20.3 Å². The minimum atomic E-state index is -0.960. The average Bonchev–Trinajstić information content (AvgIpc) is 2.69. The number of rotatable bonds is 4. The summed E-state index contributed by atoms with van der Waals surface area (Å²) in [6.45, 7) is 4.03. The highest BCUT2D eigenvalue weighted by atomic mass is 16.4. The van der Waals surface area contributed by atoms with Gasteiger partial charge in [-0.2, -0.15) is 0 Å². The Morgan fingerprint density at radius 3 is 2.56 bits per heavy atom. The molecule has 3 amide bonds. The van der Waals surface area contributed by atoms with Crippen LogP contribution in [0.4, 0.5) is 4.79 Å². The summed E-state index contributed by atoms with van der Waals surface area (Å²) >= 11 is 0. The zero-order valence-electron chi connectivity index (χ0n) is 10.6. The predicted octanol–water partition coefficient (Wildman–Crippen LogP) is -0.386. The zero-order valence-corrected chi connectivity index (χ0v) is 10.6. The largest absolute Gasteiger partial charge is 0.481 e. The lowest BCUT2D eigenvalue weighted by Gasteiger charge is -2.21. The van der Waals surface area contributed by atoms with Gasteiger partial charge >= 0.3 is 12.0 Å². The maximum atomic E-state index is 11.8. The SMILES string of the molecule is CC(CNC(=O)N1CCC(C)(C(N)=O)C1)C(=O)O. The minimum absolute atomic E-state index is 0.0674. The lowest BCUT2D eigenvalue weighted by atomic mass is 9.89. The van der Waals surface area contributed by atoms with E-state index in [1.165, 1.54) is 11.8 Å². The average molecular weight is 257 g/mol. The summed E-state index contributed by atoms with van der Waals surface area (Å²) < 4.78 is 0. The number of nitrogens with two attached hydrogens (primary N) is 1. The summed E-state index contributed by atoms with van der Waals surface area (Å²) in [7, 11) is 0. The van der Waals surface area contributed by atoms with E-state index in [0.29, 0.717) is 13.0 Å². The van der Waals surface area contributed by atoms with Crippen LogP contribution < -0.4 is 11.1 Å². The Balaban J connectivity index is 2.46. The molecule has 0 spiro atoms. The molecule has 1 rings (SSSR count). The van der Waals surface area contributed by atoms with Crippen LogP contribution in [0.15, 0.2) is 0 Å². The Hall–Kier alpha value is -1.79. The molecule has 0 aliphatic carbocycles. The van der Waals surface area contributed by atoms with Crippen molar-refractivity contribution >= 4 is 17.9 Å². The quantitative estimate of drug-likeness (QED) is 0.636. The number of nitrogens with zero attached hydrogens (tertiary/aromatic N) is 1. The van der Waals surface area contributed by atoms with E-state index in [-0.39, 0.29) is 19.1 Å². The molecular weight excluding hydrogens is 238 g/mol. The van der Waals surface area contributed by atoms with E-state index in [0.717, 1.165) is 0 Å². The smallest absolute Gasteiger partial charge is 0.317 e. The lowest BCUT2D eigenvalue weighted by Crippen LogP contribution is -2.44. The fraction of sp³-hybridized carbons (Fsp3) is 0.727. The molecule has 7 heteroatoms. The van der Waals surface area contributed by atoms with E-state index < -0.39 is 23.2 Å². The first-order chi connectivity index (χ1) is 8.26. The van der Waals surface area contributed by atoms with Crippen LogP contribution in [0.3, 0.4) is 0 Å². The van der Waals surface area contributed by atoms with Crippen LogP contribution in [0.25, 0.3) is 0 Å². The molecule has 2 atom stereocenters. The second-order valence-electron chi connectivity index (χ2n) is 5.02. The van der Waals surface area contributed by atoms with Gasteiger partial charge in [0.2, 0.25) is 5.91 Å². The van der Waals surface area contributed by atoms with Gasteiger partial charge < -0.3 is 21.1 Å². The molecule has 0 aromatic carbocycles. The van der Waals surface area contributed by atoms with Crippen LogP contribution in [0.1, 0.15) is 20.3 Å². The summed E-state index contributed by atoms with van der Waals surface area (Å²) in [6, 6.07) is -0.354. The lowest BCUT2D eigenvalue weighted by molar-refractivity contribution is -0.140. The molecule has 18 heavy (non-hydrogen) atoms. The highest BCUT2D eigenvalue weighted by molar-refractivity contribution is 5.83. The van der Waals surface area contributed by atoms with Crippen LogP contribution in [0.5, 0.6) is 0 Å². The Morgan fingerprint density at radius 2 is 2.11 bits per heavy atom. The van der Waals surface area contributed by atoms with Gasteiger partial charge in [0.05, 0.1) is 11.3 Å². The Bertz CT molecular complexity index is 371. The molecular formula is C11H19N3O4. The third-order valence-electron chi connectivity index (χ3n) is 3.34. The fourth-order valence-corrected chi connectivity index (χ4v) is 1.78. The number of carbonyl (C=O) groups excluding carboxylic acids is 2. The van der Waals surface area contributed by atoms with Gasteiger partial charge in [0.1, 0.15) is 0 Å². The number of nitrogens with one attached hydrogen (secondary N) is 1. The molecule has 1 fully saturated rings. The molecule has 0 aromatic heterocycles. The summed E-state index contributed by atoms with van der Waals surface area (Å²) in [5, 5.41) is 11.2. The maximum absolute atomic E-state index is 11.8. The number of hydrogen-bond donors (Lipinski definition) is 3. The van der Waals surface area contributed by atoms with Gasteiger partial charge in [-0.15, -0.1) is 0 Å². The molecule has 1 heterocycles. The van der Waals surface area contributed by atoms with Crippen molar-refractivity contribution in [3.8, 4) is 0 Å². The Labute approximate surface area is 105 Å². The molecule has 0 saturated carbocycles. The van der Waals surface area contributed by atoms with Crippen molar-refractivity contribution in [2.24, 2.45) is 17.1 Å². The van der Waals surface area contributed by atoms with Crippen LogP contribution in [0, 0.1) is 11.3 Å². The number of aliphatic carboxylic acids is 1. The minimum Gasteiger partial charge on any atom is -0.481 e. The number of urea groups is 1. The molecule has 0 aromatic rings. The molecule has 102 valence electrons. The van der Waals surface area contributed by atoms with Crippen molar-refractivity contribution < 1.29 is 19.5 Å². The predicted molar refractivity (Wildman–Crippen MR) is 63.7 cm³/mol. The van der Waals surface area contributed by atoms with E-state index in [4.69, 9.17) is 10.8 Å². The standard InChI is InChI=1S/C11H19N3O4/c1-7(8(15)16)5-13-10(18)14-4-3-11(2,6-14)9(12)17/h7H,3-6H2,1-2H3,(H2,12,17)(H,13,18)(H,15,16). The maximum Gasteiger partial charge on any atom is 0.317 e. The van der Waals surface area contributed by atoms with Gasteiger partial charge in [-0.3, -0.25) is 9.59 Å². The van der Waals surface area contributed by atoms with Gasteiger partial charge in [-0.1, -0.05) is 6.92 Å². The van der Waals surface area contributed by atoms with E-state index in [2.05, 4.69) is 5.32 Å². The Kier molecular flexibility index (Phi) is 4.15. The molecule has 1 aliphatic heterocycles. The van der Waals surface area contributed by atoms with Crippen molar-refractivity contribution in [2.75, 3.05) is 19.6 Å². The van der Waals surface area contributed by atoms with E-state index >= 15 is 0 Å². The highest BCUT2D eigenvalue weighted by Gasteiger charge is 2.40. The monoisotopic (exact) mass is 257 g/mol. The van der Waals surface area contributed by atoms with E-state index in [9.17, 15) is 14.4 Å². The van der Waals surface area contributed by atoms with Crippen molar-refractivity contribution in [1.29, 1.82) is 0 Å². The van der Waals surface area contributed by atoms with Gasteiger partial charge in [0.15, 0.2) is 0 Å². The topological polar surface area (TPSA) is 113 Å². The van der Waals surface area contributed by atoms with Gasteiger partial charge in [0.25, 0.3) is 0 Å². The van der Waals surface area contributed by atoms with Gasteiger partial charge in [-0.05, 0) is 13.3 Å². The number of carboxylic acid groups (broad SMARTS) is 1. The summed E-state index contributed by atoms with van der Waals surface area (Å²) in [6.07, 6.45) is 0.532. The first kappa shape index (κ1) is 14.3. The van der Waals surface area contributed by atoms with Crippen molar-refractivity contribution in [1.82, 2.24) is 10.2 Å². The first-order valence-electron chi connectivity index (χ1n) is 5.82. The number of amides is 3. The fourth-order valence-electron chi connectivity index (χ4n) is 1.78. The number of hydrogen-bond acceptors (Lipinski definition) is 3. The van der Waals surface area contributed by atoms with E-state index in [1.807, 2.05) is 0 Å². The molecule has 7 nitrogen and oxygen atoms in total. The zero-order chi connectivity index (χ0) is 13.9. The first-order valence-corrected chi connectivity index (χ1v) is 5.82. The second-order valence-corrected chi connectivity index (χ2v) is 5.02. The third kappa shape index (κ3) is 3.12. The highest BCUT2D eigenvalue weighted by Crippen LogP contribution is 2.29. The van der Waals surface area contributed by atoms with Crippen LogP contribution in [-0.2, 0) is 9.59 Å². The molecule has 0 bridgehead atoms.